The largest absolute Gasteiger partial charge is 0.464 e. The number of amides is 1. The van der Waals surface area contributed by atoms with Crippen LogP contribution < -0.4 is 0 Å². The molecule has 106 valence electrons. The topological polar surface area (TPSA) is 62.2 Å². The summed E-state index contributed by atoms with van der Waals surface area (Å²) < 4.78 is 4.64. The van der Waals surface area contributed by atoms with Gasteiger partial charge < -0.3 is 9.64 Å². The van der Waals surface area contributed by atoms with Crippen LogP contribution in [0.3, 0.4) is 0 Å². The summed E-state index contributed by atoms with van der Waals surface area (Å²) in [6, 6.07) is 0. The molecule has 0 aromatic heterocycles. The molecule has 2 heterocycles. The molecule has 0 saturated heterocycles. The molecule has 0 N–H and O–H groups in total. The summed E-state index contributed by atoms with van der Waals surface area (Å²) in [4.78, 5) is 25.6. The lowest BCUT2D eigenvalue weighted by atomic mass is 10.1. The lowest BCUT2D eigenvalue weighted by Crippen LogP contribution is -2.20. The van der Waals surface area contributed by atoms with Gasteiger partial charge in [0.2, 0.25) is 0 Å². The highest BCUT2D eigenvalue weighted by Gasteiger charge is 2.32. The summed E-state index contributed by atoms with van der Waals surface area (Å²) in [6.45, 7) is 2.06. The van der Waals surface area contributed by atoms with Crippen molar-refractivity contribution >= 4 is 17.6 Å². The van der Waals surface area contributed by atoms with Crippen LogP contribution in [0.2, 0.25) is 0 Å². The Hall–Kier alpha value is -2.37. The van der Waals surface area contributed by atoms with E-state index >= 15 is 0 Å². The van der Waals surface area contributed by atoms with Gasteiger partial charge in [0.15, 0.2) is 5.71 Å². The maximum absolute atomic E-state index is 12.0. The molecular formula is C14H17N3O3. The number of carbonyl (C=O) groups is 2. The Morgan fingerprint density at radius 2 is 2.10 bits per heavy atom. The summed E-state index contributed by atoms with van der Waals surface area (Å²) in [5, 5.41) is 5.04. The van der Waals surface area contributed by atoms with Gasteiger partial charge in [-0.05, 0) is 12.2 Å². The smallest absolute Gasteiger partial charge is 0.359 e. The Labute approximate surface area is 117 Å². The molecule has 1 atom stereocenters. The first kappa shape index (κ1) is 14.0. The minimum absolute atomic E-state index is 0.0399. The molecule has 0 saturated carbocycles. The van der Waals surface area contributed by atoms with Gasteiger partial charge in [0.1, 0.15) is 0 Å². The second kappa shape index (κ2) is 5.32. The van der Waals surface area contributed by atoms with E-state index in [0.29, 0.717) is 0 Å². The number of esters is 1. The number of hydrogen-bond acceptors (Lipinski definition) is 5. The third-order valence-electron chi connectivity index (χ3n) is 3.30. The molecule has 2 rings (SSSR count). The van der Waals surface area contributed by atoms with Gasteiger partial charge in [-0.3, -0.25) is 4.79 Å². The fraction of sp³-hybridized carbons (Fsp3) is 0.357. The number of nitrogens with zero attached hydrogens (tertiary/aromatic N) is 3. The van der Waals surface area contributed by atoms with Crippen molar-refractivity contribution in [1.29, 1.82) is 0 Å². The summed E-state index contributed by atoms with van der Waals surface area (Å²) in [7, 11) is 4.70. The van der Waals surface area contributed by atoms with Crippen LogP contribution in [0.4, 0.5) is 0 Å². The maximum Gasteiger partial charge on any atom is 0.359 e. The monoisotopic (exact) mass is 275 g/mol. The lowest BCUT2D eigenvalue weighted by Gasteiger charge is -2.14. The molecule has 6 nitrogen and oxygen atoms in total. The summed E-state index contributed by atoms with van der Waals surface area (Å²) in [6.07, 6.45) is 7.47. The van der Waals surface area contributed by atoms with Gasteiger partial charge >= 0.3 is 5.97 Å². The number of ether oxygens (including phenoxy) is 1. The molecule has 0 aromatic carbocycles. The maximum atomic E-state index is 12.0. The van der Waals surface area contributed by atoms with Crippen molar-refractivity contribution in [3.63, 3.8) is 0 Å². The van der Waals surface area contributed by atoms with Gasteiger partial charge in [-0.1, -0.05) is 13.0 Å². The van der Waals surface area contributed by atoms with E-state index in [0.717, 1.165) is 10.7 Å². The molecule has 2 aliphatic rings. The number of hydrogen-bond donors (Lipinski definition) is 0. The third kappa shape index (κ3) is 2.36. The Morgan fingerprint density at radius 1 is 1.40 bits per heavy atom. The molecule has 0 radical (unpaired) electrons. The van der Waals surface area contributed by atoms with Crippen molar-refractivity contribution in [2.45, 2.75) is 6.92 Å². The first-order valence-corrected chi connectivity index (χ1v) is 6.24. The van der Waals surface area contributed by atoms with Crippen molar-refractivity contribution < 1.29 is 14.3 Å². The molecule has 1 unspecified atom stereocenters. The number of hydrazone groups is 1. The summed E-state index contributed by atoms with van der Waals surface area (Å²) in [5.74, 6) is -0.661. The van der Waals surface area contributed by atoms with Crippen molar-refractivity contribution in [1.82, 2.24) is 9.91 Å². The van der Waals surface area contributed by atoms with Crippen LogP contribution in [0, 0.1) is 5.92 Å². The summed E-state index contributed by atoms with van der Waals surface area (Å²) >= 11 is 0. The number of allylic oxidation sites excluding steroid dienone is 3. The van der Waals surface area contributed by atoms with E-state index in [1.54, 1.807) is 6.08 Å². The van der Waals surface area contributed by atoms with E-state index in [1.807, 2.05) is 24.2 Å². The van der Waals surface area contributed by atoms with Crippen LogP contribution in [-0.4, -0.2) is 48.7 Å². The van der Waals surface area contributed by atoms with Crippen molar-refractivity contribution in [3.05, 3.63) is 35.7 Å². The molecular weight excluding hydrogens is 258 g/mol. The number of rotatable bonds is 2. The standard InChI is InChI=1S/C14H17N3O3/c1-9-7-8-16(2)11(9)6-5-10-12(14(19)20-4)15-17(3)13(10)18/h5-9H,1-4H3/b10-5+,11-6-. The highest BCUT2D eigenvalue weighted by molar-refractivity contribution is 6.51. The zero-order chi connectivity index (χ0) is 14.9. The van der Waals surface area contributed by atoms with Crippen LogP contribution in [-0.2, 0) is 14.3 Å². The Bertz CT molecular complexity index is 558. The average Bonchev–Trinajstić information content (AvgIpc) is 2.89. The molecule has 1 amide bonds. The molecule has 6 heteroatoms. The fourth-order valence-corrected chi connectivity index (χ4v) is 2.12. The van der Waals surface area contributed by atoms with E-state index < -0.39 is 5.97 Å². The van der Waals surface area contributed by atoms with Gasteiger partial charge in [-0.15, -0.1) is 0 Å². The first-order chi connectivity index (χ1) is 9.45. The lowest BCUT2D eigenvalue weighted by molar-refractivity contribution is -0.132. The first-order valence-electron chi connectivity index (χ1n) is 6.24. The fourth-order valence-electron chi connectivity index (χ4n) is 2.12. The highest BCUT2D eigenvalue weighted by Crippen LogP contribution is 2.24. The molecule has 0 fully saturated rings. The normalized spacial score (nSPS) is 25.9. The van der Waals surface area contributed by atoms with E-state index in [-0.39, 0.29) is 23.1 Å². The van der Waals surface area contributed by atoms with Crippen LogP contribution in [0.15, 0.2) is 40.8 Å². The van der Waals surface area contributed by atoms with Crippen LogP contribution in [0.1, 0.15) is 6.92 Å². The van der Waals surface area contributed by atoms with Crippen molar-refractivity contribution in [2.24, 2.45) is 11.0 Å². The molecule has 0 aromatic rings. The SMILES string of the molecule is COC(=O)C1=NN(C)C(=O)/C1=C/C=C1/C(C)C=CN1C. The van der Waals surface area contributed by atoms with Gasteiger partial charge in [0, 0.05) is 31.9 Å². The van der Waals surface area contributed by atoms with Gasteiger partial charge in [0.05, 0.1) is 12.7 Å². The molecule has 20 heavy (non-hydrogen) atoms. The molecule has 0 bridgehead atoms. The quantitative estimate of drug-likeness (QED) is 0.555. The Kier molecular flexibility index (Phi) is 3.74. The second-order valence-electron chi connectivity index (χ2n) is 4.68. The predicted octanol–water partition coefficient (Wildman–Crippen LogP) is 0.893. The summed E-state index contributed by atoms with van der Waals surface area (Å²) in [5.41, 5.74) is 1.33. The number of likely N-dealkylation sites (N-methyl/N-ethyl adjacent to an activating group) is 1. The van der Waals surface area contributed by atoms with Gasteiger partial charge in [-0.2, -0.15) is 5.10 Å². The molecule has 0 aliphatic carbocycles. The van der Waals surface area contributed by atoms with Crippen LogP contribution in [0.25, 0.3) is 0 Å². The molecule has 0 spiro atoms. The third-order valence-corrected chi connectivity index (χ3v) is 3.30. The van der Waals surface area contributed by atoms with Gasteiger partial charge in [0.25, 0.3) is 5.91 Å². The molecule has 2 aliphatic heterocycles. The van der Waals surface area contributed by atoms with Crippen molar-refractivity contribution in [2.75, 3.05) is 21.2 Å². The van der Waals surface area contributed by atoms with E-state index in [1.165, 1.54) is 14.2 Å². The van der Waals surface area contributed by atoms with Crippen LogP contribution in [0.5, 0.6) is 0 Å². The predicted molar refractivity (Wildman–Crippen MR) is 74.5 cm³/mol. The Balaban J connectivity index is 2.33. The zero-order valence-corrected chi connectivity index (χ0v) is 12.0. The number of methoxy groups -OCH3 is 1. The van der Waals surface area contributed by atoms with Crippen molar-refractivity contribution in [3.8, 4) is 0 Å². The minimum atomic E-state index is -0.613. The Morgan fingerprint density at radius 3 is 2.65 bits per heavy atom. The van der Waals surface area contributed by atoms with E-state index in [9.17, 15) is 9.59 Å². The van der Waals surface area contributed by atoms with E-state index in [4.69, 9.17) is 0 Å². The van der Waals surface area contributed by atoms with E-state index in [2.05, 4.69) is 22.8 Å². The zero-order valence-electron chi connectivity index (χ0n) is 12.0. The highest BCUT2D eigenvalue weighted by atomic mass is 16.5. The van der Waals surface area contributed by atoms with Gasteiger partial charge in [-0.25, -0.2) is 9.80 Å². The number of carbonyl (C=O) groups excluding carboxylic acids is 2. The van der Waals surface area contributed by atoms with Crippen LogP contribution >= 0.6 is 0 Å². The minimum Gasteiger partial charge on any atom is -0.464 e. The second-order valence-corrected chi connectivity index (χ2v) is 4.68. The average molecular weight is 275 g/mol.